The van der Waals surface area contributed by atoms with Crippen molar-refractivity contribution in [1.29, 1.82) is 0 Å². The summed E-state index contributed by atoms with van der Waals surface area (Å²) in [5.74, 6) is -1.91. The van der Waals surface area contributed by atoms with Crippen LogP contribution in [0.4, 0.5) is 15.8 Å². The standard InChI is InChI=1S/C18H17FN2O4/c1-12(22)20-14-6-8-15(9-7-14)21-17(23)11-25-18(24)10-13-4-2-3-5-16(13)19/h2-9H,10-11H2,1H3,(H,20,22)(H,21,23). The topological polar surface area (TPSA) is 84.5 Å². The molecule has 6 nitrogen and oxygen atoms in total. The van der Waals surface area contributed by atoms with Gasteiger partial charge in [-0.2, -0.15) is 0 Å². The largest absolute Gasteiger partial charge is 0.455 e. The highest BCUT2D eigenvalue weighted by molar-refractivity contribution is 5.93. The number of carbonyl (C=O) groups is 3. The van der Waals surface area contributed by atoms with Crippen molar-refractivity contribution in [2.45, 2.75) is 13.3 Å². The van der Waals surface area contributed by atoms with Crippen LogP contribution in [0.5, 0.6) is 0 Å². The highest BCUT2D eigenvalue weighted by atomic mass is 19.1. The zero-order valence-electron chi connectivity index (χ0n) is 13.5. The average Bonchev–Trinajstić information content (AvgIpc) is 2.56. The fourth-order valence-corrected chi connectivity index (χ4v) is 2.03. The first-order chi connectivity index (χ1) is 11.9. The van der Waals surface area contributed by atoms with Crippen LogP contribution >= 0.6 is 0 Å². The Hall–Kier alpha value is -3.22. The predicted molar refractivity (Wildman–Crippen MR) is 90.4 cm³/mol. The number of hydrogen-bond donors (Lipinski definition) is 2. The first kappa shape index (κ1) is 18.1. The van der Waals surface area contributed by atoms with Crippen molar-refractivity contribution >= 4 is 29.2 Å². The third-order valence-corrected chi connectivity index (χ3v) is 3.15. The van der Waals surface area contributed by atoms with Crippen LogP contribution in [-0.2, 0) is 25.5 Å². The minimum atomic E-state index is -0.693. The summed E-state index contributed by atoms with van der Waals surface area (Å²) in [5, 5.41) is 5.15. The minimum Gasteiger partial charge on any atom is -0.455 e. The van der Waals surface area contributed by atoms with Crippen molar-refractivity contribution in [2.75, 3.05) is 17.2 Å². The number of carbonyl (C=O) groups excluding carboxylic acids is 3. The summed E-state index contributed by atoms with van der Waals surface area (Å²) in [6.07, 6.45) is -0.245. The molecular formula is C18H17FN2O4. The van der Waals surface area contributed by atoms with Gasteiger partial charge < -0.3 is 15.4 Å². The number of amides is 2. The van der Waals surface area contributed by atoms with Gasteiger partial charge in [-0.05, 0) is 35.9 Å². The lowest BCUT2D eigenvalue weighted by atomic mass is 10.1. The van der Waals surface area contributed by atoms with E-state index in [1.54, 1.807) is 30.3 Å². The van der Waals surface area contributed by atoms with Gasteiger partial charge in [0.05, 0.1) is 6.42 Å². The van der Waals surface area contributed by atoms with Gasteiger partial charge in [0.2, 0.25) is 5.91 Å². The molecule has 0 unspecified atom stereocenters. The van der Waals surface area contributed by atoms with E-state index in [9.17, 15) is 18.8 Å². The molecule has 0 aliphatic carbocycles. The summed E-state index contributed by atoms with van der Waals surface area (Å²) in [7, 11) is 0. The van der Waals surface area contributed by atoms with Gasteiger partial charge >= 0.3 is 5.97 Å². The molecular weight excluding hydrogens is 327 g/mol. The number of anilines is 2. The van der Waals surface area contributed by atoms with Crippen LogP contribution in [0.1, 0.15) is 12.5 Å². The Morgan fingerprint density at radius 1 is 0.960 bits per heavy atom. The van der Waals surface area contributed by atoms with Gasteiger partial charge in [-0.15, -0.1) is 0 Å². The highest BCUT2D eigenvalue weighted by Gasteiger charge is 2.11. The molecule has 0 aromatic heterocycles. The Balaban J connectivity index is 1.79. The number of ether oxygens (including phenoxy) is 1. The smallest absolute Gasteiger partial charge is 0.310 e. The average molecular weight is 344 g/mol. The fourth-order valence-electron chi connectivity index (χ4n) is 2.03. The van der Waals surface area contributed by atoms with Gasteiger partial charge in [-0.1, -0.05) is 18.2 Å². The number of esters is 1. The zero-order chi connectivity index (χ0) is 18.2. The maximum absolute atomic E-state index is 13.4. The second-order valence-corrected chi connectivity index (χ2v) is 5.24. The third kappa shape index (κ3) is 6.06. The maximum atomic E-state index is 13.4. The first-order valence-electron chi connectivity index (χ1n) is 7.50. The van der Waals surface area contributed by atoms with Gasteiger partial charge in [0, 0.05) is 18.3 Å². The lowest BCUT2D eigenvalue weighted by Crippen LogP contribution is -2.21. The Labute approximate surface area is 144 Å². The van der Waals surface area contributed by atoms with Crippen molar-refractivity contribution in [3.05, 3.63) is 59.9 Å². The molecule has 2 rings (SSSR count). The lowest BCUT2D eigenvalue weighted by molar-refractivity contribution is -0.146. The number of nitrogens with one attached hydrogen (secondary N) is 2. The molecule has 0 atom stereocenters. The van der Waals surface area contributed by atoms with Crippen LogP contribution < -0.4 is 10.6 Å². The molecule has 0 heterocycles. The SMILES string of the molecule is CC(=O)Nc1ccc(NC(=O)COC(=O)Cc2ccccc2F)cc1. The quantitative estimate of drug-likeness (QED) is 0.789. The fraction of sp³-hybridized carbons (Fsp3) is 0.167. The van der Waals surface area contributed by atoms with E-state index in [4.69, 9.17) is 4.74 Å². The normalized spacial score (nSPS) is 10.0. The molecule has 0 bridgehead atoms. The van der Waals surface area contributed by atoms with Gasteiger partial charge in [-0.3, -0.25) is 14.4 Å². The zero-order valence-corrected chi connectivity index (χ0v) is 13.5. The van der Waals surface area contributed by atoms with E-state index < -0.39 is 24.3 Å². The lowest BCUT2D eigenvalue weighted by Gasteiger charge is -2.08. The van der Waals surface area contributed by atoms with Gasteiger partial charge in [0.15, 0.2) is 6.61 Å². The molecule has 0 aliphatic rings. The van der Waals surface area contributed by atoms with Crippen molar-refractivity contribution in [3.63, 3.8) is 0 Å². The minimum absolute atomic E-state index is 0.196. The van der Waals surface area contributed by atoms with Crippen LogP contribution in [0.3, 0.4) is 0 Å². The van der Waals surface area contributed by atoms with Crippen LogP contribution in [0.15, 0.2) is 48.5 Å². The van der Waals surface area contributed by atoms with Gasteiger partial charge in [0.25, 0.3) is 5.91 Å². The number of halogens is 1. The third-order valence-electron chi connectivity index (χ3n) is 3.15. The van der Waals surface area contributed by atoms with Crippen LogP contribution in [0, 0.1) is 5.82 Å². The summed E-state index contributed by atoms with van der Waals surface area (Å²) < 4.78 is 18.3. The molecule has 2 amide bonds. The van der Waals surface area contributed by atoms with E-state index in [-0.39, 0.29) is 17.9 Å². The molecule has 0 radical (unpaired) electrons. The molecule has 0 saturated heterocycles. The molecule has 25 heavy (non-hydrogen) atoms. The number of rotatable bonds is 6. The molecule has 0 aliphatic heterocycles. The Morgan fingerprint density at radius 3 is 2.16 bits per heavy atom. The molecule has 0 spiro atoms. The molecule has 2 aromatic rings. The van der Waals surface area contributed by atoms with Crippen molar-refractivity contribution in [2.24, 2.45) is 0 Å². The van der Waals surface area contributed by atoms with Crippen LogP contribution in [-0.4, -0.2) is 24.4 Å². The maximum Gasteiger partial charge on any atom is 0.310 e. The molecule has 130 valence electrons. The van der Waals surface area contributed by atoms with E-state index in [0.29, 0.717) is 11.4 Å². The Morgan fingerprint density at radius 2 is 1.56 bits per heavy atom. The summed E-state index contributed by atoms with van der Waals surface area (Å²) in [5.41, 5.74) is 1.30. The second kappa shape index (κ2) is 8.58. The van der Waals surface area contributed by atoms with E-state index >= 15 is 0 Å². The molecule has 7 heteroatoms. The van der Waals surface area contributed by atoms with E-state index in [0.717, 1.165) is 0 Å². The number of hydrogen-bond acceptors (Lipinski definition) is 4. The molecule has 2 N–H and O–H groups in total. The van der Waals surface area contributed by atoms with Crippen LogP contribution in [0.2, 0.25) is 0 Å². The van der Waals surface area contributed by atoms with Crippen LogP contribution in [0.25, 0.3) is 0 Å². The van der Waals surface area contributed by atoms with Gasteiger partial charge in [0.1, 0.15) is 5.82 Å². The molecule has 0 saturated carbocycles. The summed E-state index contributed by atoms with van der Waals surface area (Å²) in [6, 6.07) is 12.3. The Kier molecular flexibility index (Phi) is 6.22. The van der Waals surface area contributed by atoms with E-state index in [2.05, 4.69) is 10.6 Å². The van der Waals surface area contributed by atoms with Crippen molar-refractivity contribution in [1.82, 2.24) is 0 Å². The Bertz CT molecular complexity index is 775. The monoisotopic (exact) mass is 344 g/mol. The molecule has 2 aromatic carbocycles. The van der Waals surface area contributed by atoms with Crippen molar-refractivity contribution in [3.8, 4) is 0 Å². The van der Waals surface area contributed by atoms with E-state index in [1.807, 2.05) is 0 Å². The number of benzene rings is 2. The summed E-state index contributed by atoms with van der Waals surface area (Å²) >= 11 is 0. The summed E-state index contributed by atoms with van der Waals surface area (Å²) in [4.78, 5) is 34.4. The molecule has 0 fully saturated rings. The highest BCUT2D eigenvalue weighted by Crippen LogP contribution is 2.13. The summed E-state index contributed by atoms with van der Waals surface area (Å²) in [6.45, 7) is 0.923. The predicted octanol–water partition coefficient (Wildman–Crippen LogP) is 2.51. The van der Waals surface area contributed by atoms with E-state index in [1.165, 1.54) is 25.1 Å². The van der Waals surface area contributed by atoms with Gasteiger partial charge in [-0.25, -0.2) is 4.39 Å². The second-order valence-electron chi connectivity index (χ2n) is 5.24. The van der Waals surface area contributed by atoms with Crippen molar-refractivity contribution < 1.29 is 23.5 Å². The first-order valence-corrected chi connectivity index (χ1v) is 7.50.